The number of rotatable bonds is 5. The Labute approximate surface area is 89.1 Å². The minimum atomic E-state index is -0.547. The predicted molar refractivity (Wildman–Crippen MR) is 57.2 cm³/mol. The molecule has 2 unspecified atom stereocenters. The van der Waals surface area contributed by atoms with Crippen molar-refractivity contribution in [3.63, 3.8) is 0 Å². The number of hydrogen-bond donors (Lipinski definition) is 2. The summed E-state index contributed by atoms with van der Waals surface area (Å²) in [6.07, 6.45) is 3.83. The van der Waals surface area contributed by atoms with Crippen LogP contribution in [0.4, 0.5) is 0 Å². The third-order valence-corrected chi connectivity index (χ3v) is 2.33. The predicted octanol–water partition coefficient (Wildman–Crippen LogP) is 0.149. The molecule has 0 aliphatic rings. The van der Waals surface area contributed by atoms with Crippen molar-refractivity contribution in [2.24, 2.45) is 11.7 Å². The summed E-state index contributed by atoms with van der Waals surface area (Å²) in [6, 6.07) is 3.11. The van der Waals surface area contributed by atoms with Gasteiger partial charge in [-0.15, -0.1) is 0 Å². The largest absolute Gasteiger partial charge is 0.396 e. The number of carbonyl (C=O) groups is 1. The molecule has 0 amide bonds. The fourth-order valence-corrected chi connectivity index (χ4v) is 1.33. The van der Waals surface area contributed by atoms with Gasteiger partial charge in [-0.1, -0.05) is 6.92 Å². The number of Topliss-reactive ketones (excluding diaryl/α,β-unsaturated/α-hetero) is 1. The van der Waals surface area contributed by atoms with E-state index in [2.05, 4.69) is 4.98 Å². The van der Waals surface area contributed by atoms with E-state index in [0.29, 0.717) is 6.42 Å². The summed E-state index contributed by atoms with van der Waals surface area (Å²) in [5.41, 5.74) is 6.73. The number of nitrogens with zero attached hydrogens (tertiary/aromatic N) is 1. The number of ketones is 1. The molecule has 0 aliphatic heterocycles. The average Bonchev–Trinajstić information content (AvgIpc) is 2.28. The van der Waals surface area contributed by atoms with Crippen molar-refractivity contribution >= 4 is 5.78 Å². The Morgan fingerprint density at radius 2 is 2.13 bits per heavy atom. The van der Waals surface area contributed by atoms with Gasteiger partial charge in [0.1, 0.15) is 0 Å². The number of pyridine rings is 1. The van der Waals surface area contributed by atoms with Gasteiger partial charge in [0.05, 0.1) is 12.6 Å². The van der Waals surface area contributed by atoms with Gasteiger partial charge in [-0.25, -0.2) is 0 Å². The number of hydrogen-bond acceptors (Lipinski definition) is 4. The molecule has 0 saturated carbocycles. The summed E-state index contributed by atoms with van der Waals surface area (Å²) in [4.78, 5) is 15.5. The topological polar surface area (TPSA) is 76.2 Å². The minimum absolute atomic E-state index is 0.102. The molecule has 2 atom stereocenters. The molecule has 0 spiro atoms. The Kier molecular flexibility index (Phi) is 4.39. The van der Waals surface area contributed by atoms with E-state index >= 15 is 0 Å². The molecular formula is C11H16N2O2. The zero-order valence-electron chi connectivity index (χ0n) is 8.76. The van der Waals surface area contributed by atoms with Crippen LogP contribution in [0, 0.1) is 5.92 Å². The van der Waals surface area contributed by atoms with Crippen LogP contribution in [0.2, 0.25) is 0 Å². The molecule has 0 radical (unpaired) electrons. The number of nitrogens with two attached hydrogens (primary N) is 1. The maximum Gasteiger partial charge on any atom is 0.154 e. The molecule has 0 saturated heterocycles. The number of aliphatic hydroxyl groups is 1. The van der Waals surface area contributed by atoms with Crippen LogP contribution in [-0.2, 0) is 11.2 Å². The molecule has 15 heavy (non-hydrogen) atoms. The highest BCUT2D eigenvalue weighted by molar-refractivity contribution is 5.86. The molecule has 4 nitrogen and oxygen atoms in total. The molecule has 1 rings (SSSR count). The lowest BCUT2D eigenvalue weighted by Gasteiger charge is -2.14. The second-order valence-electron chi connectivity index (χ2n) is 3.65. The summed E-state index contributed by atoms with van der Waals surface area (Å²) >= 11 is 0. The van der Waals surface area contributed by atoms with E-state index in [0.717, 1.165) is 5.56 Å². The lowest BCUT2D eigenvalue weighted by Crippen LogP contribution is -2.37. The first-order valence-electron chi connectivity index (χ1n) is 4.94. The zero-order chi connectivity index (χ0) is 11.3. The van der Waals surface area contributed by atoms with Crippen LogP contribution >= 0.6 is 0 Å². The van der Waals surface area contributed by atoms with Crippen LogP contribution < -0.4 is 5.73 Å². The molecule has 82 valence electrons. The van der Waals surface area contributed by atoms with Crippen LogP contribution in [0.5, 0.6) is 0 Å². The fourth-order valence-electron chi connectivity index (χ4n) is 1.33. The van der Waals surface area contributed by atoms with Crippen molar-refractivity contribution in [2.45, 2.75) is 19.4 Å². The van der Waals surface area contributed by atoms with E-state index < -0.39 is 6.04 Å². The molecular weight excluding hydrogens is 192 g/mol. The SMILES string of the molecule is CC(CO)C(=O)C(N)Cc1ccncc1. The molecule has 1 heterocycles. The molecule has 0 aromatic carbocycles. The summed E-state index contributed by atoms with van der Waals surface area (Å²) < 4.78 is 0. The zero-order valence-corrected chi connectivity index (χ0v) is 8.76. The maximum absolute atomic E-state index is 11.6. The molecule has 0 bridgehead atoms. The van der Waals surface area contributed by atoms with Crippen molar-refractivity contribution in [1.82, 2.24) is 4.98 Å². The van der Waals surface area contributed by atoms with Crippen LogP contribution in [0.1, 0.15) is 12.5 Å². The monoisotopic (exact) mass is 208 g/mol. The standard InChI is InChI=1S/C11H16N2O2/c1-8(7-14)11(15)10(12)6-9-2-4-13-5-3-9/h2-5,8,10,14H,6-7,12H2,1H3. The summed E-state index contributed by atoms with van der Waals surface area (Å²) in [5.74, 6) is -0.490. The first-order chi connectivity index (χ1) is 7.15. The van der Waals surface area contributed by atoms with Crippen molar-refractivity contribution in [2.75, 3.05) is 6.61 Å². The van der Waals surface area contributed by atoms with Crippen molar-refractivity contribution in [3.05, 3.63) is 30.1 Å². The minimum Gasteiger partial charge on any atom is -0.396 e. The molecule has 4 heteroatoms. The molecule has 1 aromatic rings. The first kappa shape index (κ1) is 11.8. The Hall–Kier alpha value is -1.26. The average molecular weight is 208 g/mol. The second-order valence-corrected chi connectivity index (χ2v) is 3.65. The smallest absolute Gasteiger partial charge is 0.154 e. The van der Waals surface area contributed by atoms with E-state index in [9.17, 15) is 4.79 Å². The van der Waals surface area contributed by atoms with E-state index in [1.165, 1.54) is 0 Å². The van der Waals surface area contributed by atoms with E-state index in [1.807, 2.05) is 12.1 Å². The van der Waals surface area contributed by atoms with Gasteiger partial charge >= 0.3 is 0 Å². The van der Waals surface area contributed by atoms with Gasteiger partial charge < -0.3 is 10.8 Å². The molecule has 1 aromatic heterocycles. The number of aromatic nitrogens is 1. The highest BCUT2D eigenvalue weighted by atomic mass is 16.3. The first-order valence-corrected chi connectivity index (χ1v) is 4.94. The van der Waals surface area contributed by atoms with Crippen molar-refractivity contribution in [3.8, 4) is 0 Å². The molecule has 0 aliphatic carbocycles. The lowest BCUT2D eigenvalue weighted by atomic mass is 9.96. The summed E-state index contributed by atoms with van der Waals surface area (Å²) in [5, 5.41) is 8.83. The summed E-state index contributed by atoms with van der Waals surface area (Å²) in [7, 11) is 0. The number of aliphatic hydroxyl groups excluding tert-OH is 1. The summed E-state index contributed by atoms with van der Waals surface area (Å²) in [6.45, 7) is 1.53. The van der Waals surface area contributed by atoms with Crippen LogP contribution in [0.3, 0.4) is 0 Å². The third-order valence-electron chi connectivity index (χ3n) is 2.33. The van der Waals surface area contributed by atoms with Crippen LogP contribution in [0.15, 0.2) is 24.5 Å². The second kappa shape index (κ2) is 5.58. The molecule has 0 fully saturated rings. The Bertz CT molecular complexity index is 314. The normalized spacial score (nSPS) is 14.6. The van der Waals surface area contributed by atoms with Gasteiger partial charge in [-0.2, -0.15) is 0 Å². The van der Waals surface area contributed by atoms with Gasteiger partial charge in [-0.05, 0) is 24.1 Å². The van der Waals surface area contributed by atoms with Gasteiger partial charge in [0.2, 0.25) is 0 Å². The van der Waals surface area contributed by atoms with Crippen LogP contribution in [-0.4, -0.2) is 28.5 Å². The van der Waals surface area contributed by atoms with Gasteiger partial charge in [0.25, 0.3) is 0 Å². The van der Waals surface area contributed by atoms with E-state index in [-0.39, 0.29) is 18.3 Å². The van der Waals surface area contributed by atoms with Crippen LogP contribution in [0.25, 0.3) is 0 Å². The van der Waals surface area contributed by atoms with E-state index in [1.54, 1.807) is 19.3 Å². The highest BCUT2D eigenvalue weighted by Gasteiger charge is 2.19. The van der Waals surface area contributed by atoms with Crippen molar-refractivity contribution in [1.29, 1.82) is 0 Å². The van der Waals surface area contributed by atoms with Gasteiger partial charge in [0.15, 0.2) is 5.78 Å². The lowest BCUT2D eigenvalue weighted by molar-refractivity contribution is -0.124. The molecule has 3 N–H and O–H groups in total. The third kappa shape index (κ3) is 3.42. The quantitative estimate of drug-likeness (QED) is 0.722. The Morgan fingerprint density at radius 1 is 1.53 bits per heavy atom. The highest BCUT2D eigenvalue weighted by Crippen LogP contribution is 2.05. The Balaban J connectivity index is 2.56. The fraction of sp³-hybridized carbons (Fsp3) is 0.455. The number of carbonyl (C=O) groups excluding carboxylic acids is 1. The van der Waals surface area contributed by atoms with Gasteiger partial charge in [-0.3, -0.25) is 9.78 Å². The van der Waals surface area contributed by atoms with Gasteiger partial charge in [0, 0.05) is 18.3 Å². The maximum atomic E-state index is 11.6. The van der Waals surface area contributed by atoms with Crippen molar-refractivity contribution < 1.29 is 9.90 Å². The van der Waals surface area contributed by atoms with E-state index in [4.69, 9.17) is 10.8 Å². The Morgan fingerprint density at radius 3 is 2.67 bits per heavy atom.